The van der Waals surface area contributed by atoms with Crippen molar-refractivity contribution in [3.63, 3.8) is 0 Å². The van der Waals surface area contributed by atoms with E-state index in [9.17, 15) is 4.79 Å². The van der Waals surface area contributed by atoms with Gasteiger partial charge >= 0.3 is 6.03 Å². The zero-order valence-corrected chi connectivity index (χ0v) is 9.94. The lowest BCUT2D eigenvalue weighted by atomic mass is 10.1. The molecule has 2 aliphatic heterocycles. The Morgan fingerprint density at radius 2 is 2.27 bits per heavy atom. The molecule has 0 aromatic carbocycles. The van der Waals surface area contributed by atoms with Gasteiger partial charge in [0.05, 0.1) is 6.61 Å². The predicted molar refractivity (Wildman–Crippen MR) is 61.0 cm³/mol. The zero-order valence-electron chi connectivity index (χ0n) is 9.12. The number of carbonyl (C=O) groups excluding carboxylic acids is 1. The monoisotopic (exact) mass is 230 g/mol. The Hall–Kier alpha value is -0.420. The summed E-state index contributed by atoms with van der Waals surface area (Å²) >= 11 is 1.91. The number of piperidine rings is 1. The van der Waals surface area contributed by atoms with Gasteiger partial charge in [0.2, 0.25) is 0 Å². The second-order valence-corrected chi connectivity index (χ2v) is 5.37. The molecular weight excluding hydrogens is 212 g/mol. The molecule has 0 radical (unpaired) electrons. The Morgan fingerprint density at radius 3 is 2.80 bits per heavy atom. The van der Waals surface area contributed by atoms with Crippen LogP contribution in [-0.2, 0) is 4.74 Å². The van der Waals surface area contributed by atoms with Gasteiger partial charge in [-0.15, -0.1) is 11.8 Å². The maximum atomic E-state index is 11.6. The topological polar surface area (TPSA) is 41.6 Å². The summed E-state index contributed by atoms with van der Waals surface area (Å²) in [6.07, 6.45) is 1.93. The van der Waals surface area contributed by atoms with Gasteiger partial charge in [-0.3, -0.25) is 0 Å². The van der Waals surface area contributed by atoms with E-state index in [0.29, 0.717) is 6.54 Å². The van der Waals surface area contributed by atoms with Crippen LogP contribution in [-0.4, -0.2) is 47.9 Å². The van der Waals surface area contributed by atoms with Crippen molar-refractivity contribution in [2.24, 2.45) is 0 Å². The number of hydrogen-bond donors (Lipinski definition) is 1. The minimum atomic E-state index is 0.0307. The third kappa shape index (κ3) is 2.39. The molecule has 4 nitrogen and oxygen atoms in total. The number of carbonyl (C=O) groups is 1. The second kappa shape index (κ2) is 4.61. The van der Waals surface area contributed by atoms with Crippen LogP contribution in [0, 0.1) is 0 Å². The molecule has 2 rings (SSSR count). The molecule has 1 N–H and O–H groups in total. The third-order valence-electron chi connectivity index (χ3n) is 2.95. The van der Waals surface area contributed by atoms with Crippen LogP contribution in [0.5, 0.6) is 0 Å². The van der Waals surface area contributed by atoms with E-state index in [2.05, 4.69) is 5.32 Å². The fraction of sp³-hybridized carbons (Fsp3) is 0.900. The molecule has 5 heteroatoms. The summed E-state index contributed by atoms with van der Waals surface area (Å²) in [5.41, 5.74) is 0. The SMILES string of the molecule is CCNC(=O)N1CCC2(CC1)OCCS2. The van der Waals surface area contributed by atoms with Gasteiger partial charge in [0.1, 0.15) is 4.93 Å². The molecule has 0 atom stereocenters. The first-order valence-corrected chi connectivity index (χ1v) is 6.55. The summed E-state index contributed by atoms with van der Waals surface area (Å²) in [5.74, 6) is 1.10. The van der Waals surface area contributed by atoms with Crippen LogP contribution in [0.15, 0.2) is 0 Å². The number of nitrogens with zero attached hydrogens (tertiary/aromatic N) is 1. The highest BCUT2D eigenvalue weighted by Gasteiger charge is 2.40. The van der Waals surface area contributed by atoms with E-state index in [1.165, 1.54) is 0 Å². The normalized spacial score (nSPS) is 24.5. The number of hydrogen-bond acceptors (Lipinski definition) is 3. The van der Waals surface area contributed by atoms with Crippen LogP contribution in [0.3, 0.4) is 0 Å². The van der Waals surface area contributed by atoms with Crippen molar-refractivity contribution < 1.29 is 9.53 Å². The average molecular weight is 230 g/mol. The molecule has 2 heterocycles. The van der Waals surface area contributed by atoms with Gasteiger partial charge < -0.3 is 15.0 Å². The molecule has 2 amide bonds. The van der Waals surface area contributed by atoms with Crippen LogP contribution in [0.4, 0.5) is 4.79 Å². The van der Waals surface area contributed by atoms with Gasteiger partial charge in [-0.1, -0.05) is 0 Å². The molecule has 2 aliphatic rings. The maximum Gasteiger partial charge on any atom is 0.317 e. The van der Waals surface area contributed by atoms with Crippen molar-refractivity contribution in [2.75, 3.05) is 32.0 Å². The van der Waals surface area contributed by atoms with Gasteiger partial charge in [0.25, 0.3) is 0 Å². The highest BCUT2D eigenvalue weighted by Crippen LogP contribution is 2.41. The summed E-state index contributed by atoms with van der Waals surface area (Å²) in [6.45, 7) is 5.15. The van der Waals surface area contributed by atoms with E-state index in [0.717, 1.165) is 38.3 Å². The van der Waals surface area contributed by atoms with Crippen LogP contribution in [0.1, 0.15) is 19.8 Å². The van der Waals surface area contributed by atoms with Crippen LogP contribution < -0.4 is 5.32 Å². The Balaban J connectivity index is 1.83. The number of ether oxygens (including phenoxy) is 1. The predicted octanol–water partition coefficient (Wildman–Crippen LogP) is 1.27. The molecule has 0 aromatic heterocycles. The number of likely N-dealkylation sites (tertiary alicyclic amines) is 1. The summed E-state index contributed by atoms with van der Waals surface area (Å²) in [7, 11) is 0. The minimum Gasteiger partial charge on any atom is -0.363 e. The van der Waals surface area contributed by atoms with Gasteiger partial charge in [0, 0.05) is 38.2 Å². The molecule has 1 spiro atoms. The second-order valence-electron chi connectivity index (χ2n) is 3.93. The summed E-state index contributed by atoms with van der Waals surface area (Å²) in [6, 6.07) is 0.0651. The van der Waals surface area contributed by atoms with Gasteiger partial charge in [0.15, 0.2) is 0 Å². The maximum absolute atomic E-state index is 11.6. The fourth-order valence-electron chi connectivity index (χ4n) is 2.10. The zero-order chi connectivity index (χ0) is 10.7. The van der Waals surface area contributed by atoms with Gasteiger partial charge in [-0.2, -0.15) is 0 Å². The van der Waals surface area contributed by atoms with Crippen molar-refractivity contribution in [1.82, 2.24) is 10.2 Å². The summed E-state index contributed by atoms with van der Waals surface area (Å²) in [4.78, 5) is 13.5. The Bertz CT molecular complexity index is 232. The van der Waals surface area contributed by atoms with E-state index >= 15 is 0 Å². The Labute approximate surface area is 94.7 Å². The Morgan fingerprint density at radius 1 is 1.53 bits per heavy atom. The Kier molecular flexibility index (Phi) is 3.41. The summed E-state index contributed by atoms with van der Waals surface area (Å²) in [5, 5.41) is 2.83. The van der Waals surface area contributed by atoms with Crippen molar-refractivity contribution in [2.45, 2.75) is 24.7 Å². The largest absolute Gasteiger partial charge is 0.363 e. The molecular formula is C10H18N2O2S. The molecule has 86 valence electrons. The van der Waals surface area contributed by atoms with E-state index in [4.69, 9.17) is 4.74 Å². The first-order valence-electron chi connectivity index (χ1n) is 5.56. The standard InChI is InChI=1S/C10H18N2O2S/c1-2-11-9(13)12-5-3-10(4-6-12)14-7-8-15-10/h2-8H2,1H3,(H,11,13). The van der Waals surface area contributed by atoms with Gasteiger partial charge in [-0.25, -0.2) is 4.79 Å². The lowest BCUT2D eigenvalue weighted by molar-refractivity contribution is 0.00950. The molecule has 15 heavy (non-hydrogen) atoms. The molecule has 0 bridgehead atoms. The first-order chi connectivity index (χ1) is 7.26. The highest BCUT2D eigenvalue weighted by molar-refractivity contribution is 8.00. The molecule has 2 fully saturated rings. The molecule has 0 aliphatic carbocycles. The van der Waals surface area contributed by atoms with Crippen molar-refractivity contribution in [3.8, 4) is 0 Å². The highest BCUT2D eigenvalue weighted by atomic mass is 32.2. The number of rotatable bonds is 1. The smallest absolute Gasteiger partial charge is 0.317 e. The van der Waals surface area contributed by atoms with E-state index < -0.39 is 0 Å². The van der Waals surface area contributed by atoms with Crippen molar-refractivity contribution >= 4 is 17.8 Å². The molecule has 0 aromatic rings. The van der Waals surface area contributed by atoms with Crippen LogP contribution >= 0.6 is 11.8 Å². The van der Waals surface area contributed by atoms with E-state index in [1.807, 2.05) is 23.6 Å². The summed E-state index contributed by atoms with van der Waals surface area (Å²) < 4.78 is 5.77. The third-order valence-corrected chi connectivity index (χ3v) is 4.38. The molecule has 2 saturated heterocycles. The van der Waals surface area contributed by atoms with Crippen LogP contribution in [0.2, 0.25) is 0 Å². The molecule has 0 saturated carbocycles. The molecule has 0 unspecified atom stereocenters. The fourth-order valence-corrected chi connectivity index (χ4v) is 3.28. The number of thioether (sulfide) groups is 1. The first kappa shape index (κ1) is 11.1. The van der Waals surface area contributed by atoms with Crippen molar-refractivity contribution in [3.05, 3.63) is 0 Å². The van der Waals surface area contributed by atoms with Crippen LogP contribution in [0.25, 0.3) is 0 Å². The van der Waals surface area contributed by atoms with Gasteiger partial charge in [-0.05, 0) is 6.92 Å². The quantitative estimate of drug-likeness (QED) is 0.737. The minimum absolute atomic E-state index is 0.0307. The van der Waals surface area contributed by atoms with E-state index in [-0.39, 0.29) is 11.0 Å². The van der Waals surface area contributed by atoms with E-state index in [1.54, 1.807) is 0 Å². The number of amides is 2. The lowest BCUT2D eigenvalue weighted by Gasteiger charge is -2.37. The van der Waals surface area contributed by atoms with Crippen molar-refractivity contribution in [1.29, 1.82) is 0 Å². The average Bonchev–Trinajstić information content (AvgIpc) is 2.68. The lowest BCUT2D eigenvalue weighted by Crippen LogP contribution is -2.48. The number of nitrogens with one attached hydrogen (secondary N) is 1. The number of urea groups is 1.